The fourth-order valence-electron chi connectivity index (χ4n) is 3.67. The van der Waals surface area contributed by atoms with Gasteiger partial charge >= 0.3 is 0 Å². The van der Waals surface area contributed by atoms with Crippen LogP contribution in [0, 0.1) is 6.92 Å². The quantitative estimate of drug-likeness (QED) is 0.539. The lowest BCUT2D eigenvalue weighted by Crippen LogP contribution is -2.30. The maximum absolute atomic E-state index is 13.4. The Kier molecular flexibility index (Phi) is 3.58. The molecule has 3 aromatic heterocycles. The lowest BCUT2D eigenvalue weighted by atomic mass is 9.99. The number of fused-ring (bicyclic) bond motifs is 2. The van der Waals surface area contributed by atoms with Crippen LogP contribution in [0.5, 0.6) is 0 Å². The Morgan fingerprint density at radius 3 is 2.68 bits per heavy atom. The van der Waals surface area contributed by atoms with E-state index in [9.17, 15) is 9.59 Å². The summed E-state index contributed by atoms with van der Waals surface area (Å²) in [5.41, 5.74) is 2.18. The molecule has 1 aliphatic heterocycles. The highest BCUT2D eigenvalue weighted by Crippen LogP contribution is 2.40. The molecule has 1 unspecified atom stereocenters. The van der Waals surface area contributed by atoms with Gasteiger partial charge in [0.05, 0.1) is 17.0 Å². The van der Waals surface area contributed by atoms with Gasteiger partial charge in [0, 0.05) is 18.6 Å². The molecule has 0 saturated heterocycles. The maximum atomic E-state index is 13.4. The van der Waals surface area contributed by atoms with Crippen LogP contribution in [-0.2, 0) is 0 Å². The van der Waals surface area contributed by atoms with E-state index in [-0.39, 0.29) is 17.1 Å². The number of pyridine rings is 2. The minimum atomic E-state index is -0.646. The largest absolute Gasteiger partial charge is 0.450 e. The van der Waals surface area contributed by atoms with Crippen LogP contribution in [0.2, 0.25) is 0 Å². The number of aryl methyl sites for hydroxylation is 1. The first-order valence-corrected chi connectivity index (χ1v) is 8.87. The first kappa shape index (κ1) is 16.4. The molecule has 6 heteroatoms. The monoisotopic (exact) mass is 369 g/mol. The Labute approximate surface area is 160 Å². The van der Waals surface area contributed by atoms with Crippen LogP contribution in [0.1, 0.15) is 33.3 Å². The van der Waals surface area contributed by atoms with Gasteiger partial charge in [0.15, 0.2) is 5.43 Å². The zero-order chi connectivity index (χ0) is 19.3. The minimum absolute atomic E-state index is 0.0564. The van der Waals surface area contributed by atoms with Crippen LogP contribution < -0.4 is 10.3 Å². The summed E-state index contributed by atoms with van der Waals surface area (Å²) in [4.78, 5) is 36.7. The molecule has 1 aromatic carbocycles. The third kappa shape index (κ3) is 2.35. The predicted molar refractivity (Wildman–Crippen MR) is 104 cm³/mol. The fourth-order valence-corrected chi connectivity index (χ4v) is 3.67. The second kappa shape index (κ2) is 6.13. The molecule has 1 amide bonds. The van der Waals surface area contributed by atoms with E-state index in [0.717, 1.165) is 11.1 Å². The number of carbonyl (C=O) groups excluding carboxylic acids is 1. The van der Waals surface area contributed by atoms with Crippen molar-refractivity contribution in [1.29, 1.82) is 0 Å². The smallest absolute Gasteiger partial charge is 0.296 e. The highest BCUT2D eigenvalue weighted by Gasteiger charge is 2.44. The second-order valence-electron chi connectivity index (χ2n) is 6.73. The number of carbonyl (C=O) groups is 1. The molecule has 136 valence electrons. The Balaban J connectivity index is 1.84. The molecule has 0 N–H and O–H groups in total. The van der Waals surface area contributed by atoms with Crippen molar-refractivity contribution in [2.24, 2.45) is 0 Å². The third-order valence-electron chi connectivity index (χ3n) is 4.92. The van der Waals surface area contributed by atoms with Gasteiger partial charge in [-0.1, -0.05) is 23.8 Å². The van der Waals surface area contributed by atoms with Crippen molar-refractivity contribution in [3.05, 3.63) is 99.8 Å². The summed E-state index contributed by atoms with van der Waals surface area (Å²) < 4.78 is 5.92. The number of rotatable bonds is 2. The van der Waals surface area contributed by atoms with Gasteiger partial charge in [0.1, 0.15) is 11.4 Å². The average molecular weight is 369 g/mol. The molecule has 0 spiro atoms. The molecule has 5 rings (SSSR count). The zero-order valence-electron chi connectivity index (χ0n) is 15.0. The summed E-state index contributed by atoms with van der Waals surface area (Å²) in [6.45, 7) is 1.91. The Bertz CT molecular complexity index is 1270. The van der Waals surface area contributed by atoms with Crippen molar-refractivity contribution in [2.45, 2.75) is 13.0 Å². The lowest BCUT2D eigenvalue weighted by Gasteiger charge is -2.23. The molecule has 4 heterocycles. The van der Waals surface area contributed by atoms with Gasteiger partial charge in [-0.05, 0) is 42.8 Å². The molecular weight excluding hydrogens is 354 g/mol. The van der Waals surface area contributed by atoms with E-state index >= 15 is 0 Å². The highest BCUT2D eigenvalue weighted by molar-refractivity contribution is 6.10. The third-order valence-corrected chi connectivity index (χ3v) is 4.92. The van der Waals surface area contributed by atoms with Crippen molar-refractivity contribution in [3.63, 3.8) is 0 Å². The van der Waals surface area contributed by atoms with E-state index in [2.05, 4.69) is 9.97 Å². The van der Waals surface area contributed by atoms with Crippen molar-refractivity contribution in [1.82, 2.24) is 9.97 Å². The van der Waals surface area contributed by atoms with E-state index in [1.807, 2.05) is 19.1 Å². The van der Waals surface area contributed by atoms with Crippen LogP contribution in [0.15, 0.2) is 76.3 Å². The summed E-state index contributed by atoms with van der Waals surface area (Å²) in [5.74, 6) is 0.121. The van der Waals surface area contributed by atoms with Gasteiger partial charge in [0.2, 0.25) is 5.76 Å². The van der Waals surface area contributed by atoms with Gasteiger partial charge < -0.3 is 4.42 Å². The zero-order valence-corrected chi connectivity index (χ0v) is 15.0. The normalized spacial score (nSPS) is 15.8. The van der Waals surface area contributed by atoms with Crippen molar-refractivity contribution in [3.8, 4) is 0 Å². The number of aromatic nitrogens is 2. The lowest BCUT2D eigenvalue weighted by molar-refractivity contribution is 0.0970. The van der Waals surface area contributed by atoms with Crippen molar-refractivity contribution in [2.75, 3.05) is 4.90 Å². The first-order chi connectivity index (χ1) is 13.6. The number of hydrogen-bond acceptors (Lipinski definition) is 5. The number of amides is 1. The molecule has 0 radical (unpaired) electrons. The van der Waals surface area contributed by atoms with Crippen molar-refractivity contribution < 1.29 is 9.21 Å². The molecule has 0 bridgehead atoms. The van der Waals surface area contributed by atoms with Gasteiger partial charge in [-0.2, -0.15) is 0 Å². The Hall–Kier alpha value is -3.80. The van der Waals surface area contributed by atoms with Crippen LogP contribution in [-0.4, -0.2) is 15.9 Å². The number of nitrogens with zero attached hydrogens (tertiary/aromatic N) is 3. The molecule has 1 atom stereocenters. The van der Waals surface area contributed by atoms with Crippen LogP contribution in [0.25, 0.3) is 11.0 Å². The molecule has 0 fully saturated rings. The SMILES string of the molecule is Cc1ccc2oc3c(c(=O)c2c1)C(c1cccnc1)N(c1ccccn1)C3=O. The average Bonchev–Trinajstić information content (AvgIpc) is 3.03. The highest BCUT2D eigenvalue weighted by atomic mass is 16.3. The van der Waals surface area contributed by atoms with E-state index in [4.69, 9.17) is 4.42 Å². The summed E-state index contributed by atoms with van der Waals surface area (Å²) in [6, 6.07) is 13.7. The van der Waals surface area contributed by atoms with Gasteiger partial charge in [-0.3, -0.25) is 19.5 Å². The molecule has 4 aromatic rings. The molecular formula is C22H15N3O3. The topological polar surface area (TPSA) is 76.3 Å². The van der Waals surface area contributed by atoms with Crippen LogP contribution in [0.3, 0.4) is 0 Å². The van der Waals surface area contributed by atoms with E-state index in [1.165, 1.54) is 4.90 Å². The minimum Gasteiger partial charge on any atom is -0.450 e. The van der Waals surface area contributed by atoms with E-state index in [1.54, 1.807) is 55.0 Å². The van der Waals surface area contributed by atoms with Crippen LogP contribution in [0.4, 0.5) is 5.82 Å². The summed E-state index contributed by atoms with van der Waals surface area (Å²) in [6.07, 6.45) is 4.92. The summed E-state index contributed by atoms with van der Waals surface area (Å²) in [5, 5.41) is 0.461. The fraction of sp³-hybridized carbons (Fsp3) is 0.0909. The van der Waals surface area contributed by atoms with Gasteiger partial charge in [-0.25, -0.2) is 4.98 Å². The Morgan fingerprint density at radius 2 is 1.93 bits per heavy atom. The van der Waals surface area contributed by atoms with E-state index < -0.39 is 6.04 Å². The molecule has 0 aliphatic carbocycles. The molecule has 28 heavy (non-hydrogen) atoms. The second-order valence-corrected chi connectivity index (χ2v) is 6.73. The summed E-state index contributed by atoms with van der Waals surface area (Å²) in [7, 11) is 0. The molecule has 6 nitrogen and oxygen atoms in total. The summed E-state index contributed by atoms with van der Waals surface area (Å²) >= 11 is 0. The molecule has 0 saturated carbocycles. The molecule has 1 aliphatic rings. The van der Waals surface area contributed by atoms with E-state index in [0.29, 0.717) is 22.4 Å². The number of hydrogen-bond donors (Lipinski definition) is 0. The van der Waals surface area contributed by atoms with Crippen molar-refractivity contribution >= 4 is 22.7 Å². The first-order valence-electron chi connectivity index (χ1n) is 8.87. The maximum Gasteiger partial charge on any atom is 0.296 e. The van der Waals surface area contributed by atoms with Crippen LogP contribution >= 0.6 is 0 Å². The number of anilines is 1. The standard InChI is InChI=1S/C22H15N3O3/c1-13-7-8-16-15(11-13)20(26)18-19(14-5-4-9-23-12-14)25(22(27)21(18)28-16)17-6-2-3-10-24-17/h2-12,19H,1H3. The van der Waals surface area contributed by atoms with Gasteiger partial charge in [-0.15, -0.1) is 0 Å². The predicted octanol–water partition coefficient (Wildman–Crippen LogP) is 3.64. The van der Waals surface area contributed by atoms with Gasteiger partial charge in [0.25, 0.3) is 5.91 Å². The number of benzene rings is 1. The Morgan fingerprint density at radius 1 is 1.04 bits per heavy atom.